The van der Waals surface area contributed by atoms with Gasteiger partial charge in [-0.3, -0.25) is 4.79 Å². The highest BCUT2D eigenvalue weighted by atomic mass is 32.2. The minimum Gasteiger partial charge on any atom is -0.378 e. The van der Waals surface area contributed by atoms with Gasteiger partial charge in [0.15, 0.2) is 0 Å². The Labute approximate surface area is 125 Å². The molecule has 1 fully saturated rings. The molecule has 3 nitrogen and oxygen atoms in total. The van der Waals surface area contributed by atoms with Crippen molar-refractivity contribution in [1.29, 1.82) is 0 Å². The third kappa shape index (κ3) is 4.25. The average molecular weight is 293 g/mol. The molecule has 1 aromatic carbocycles. The lowest BCUT2D eigenvalue weighted by Crippen LogP contribution is -2.46. The molecule has 1 aromatic rings. The van der Waals surface area contributed by atoms with Crippen LogP contribution in [-0.4, -0.2) is 42.4 Å². The molecule has 0 radical (unpaired) electrons. The maximum atomic E-state index is 12.6. The molecule has 110 valence electrons. The molecule has 1 atom stereocenters. The molecule has 1 amide bonds. The van der Waals surface area contributed by atoms with E-state index in [0.29, 0.717) is 19.1 Å². The lowest BCUT2D eigenvalue weighted by molar-refractivity contribution is -0.135. The second kappa shape index (κ2) is 7.70. The van der Waals surface area contributed by atoms with E-state index in [1.54, 1.807) is 11.8 Å². The fraction of sp³-hybridized carbons (Fsp3) is 0.562. The molecule has 4 heteroatoms. The molecular formula is C16H23NO2S. The summed E-state index contributed by atoms with van der Waals surface area (Å²) < 4.78 is 5.32. The smallest absolute Gasteiger partial charge is 0.236 e. The fourth-order valence-electron chi connectivity index (χ4n) is 2.27. The summed E-state index contributed by atoms with van der Waals surface area (Å²) in [6, 6.07) is 10.3. The Hall–Kier alpha value is -1.00. The molecule has 0 N–H and O–H groups in total. The summed E-state index contributed by atoms with van der Waals surface area (Å²) >= 11 is 1.75. The molecule has 1 heterocycles. The largest absolute Gasteiger partial charge is 0.378 e. The number of hydrogen-bond acceptors (Lipinski definition) is 3. The van der Waals surface area contributed by atoms with Gasteiger partial charge >= 0.3 is 0 Å². The van der Waals surface area contributed by atoms with Crippen LogP contribution >= 0.6 is 11.8 Å². The van der Waals surface area contributed by atoms with Crippen molar-refractivity contribution >= 4 is 17.7 Å². The Balaban J connectivity index is 1.94. The quantitative estimate of drug-likeness (QED) is 0.836. The van der Waals surface area contributed by atoms with E-state index >= 15 is 0 Å². The summed E-state index contributed by atoms with van der Waals surface area (Å²) in [6.45, 7) is 7.05. The molecule has 1 aliphatic rings. The first kappa shape index (κ1) is 15.4. The van der Waals surface area contributed by atoms with Gasteiger partial charge in [0.25, 0.3) is 0 Å². The molecule has 2 rings (SSSR count). The topological polar surface area (TPSA) is 29.5 Å². The van der Waals surface area contributed by atoms with Crippen molar-refractivity contribution in [1.82, 2.24) is 4.90 Å². The lowest BCUT2D eigenvalue weighted by Gasteiger charge is -2.31. The van der Waals surface area contributed by atoms with Crippen molar-refractivity contribution in [2.75, 3.05) is 26.3 Å². The van der Waals surface area contributed by atoms with Crippen molar-refractivity contribution in [3.05, 3.63) is 35.9 Å². The standard InChI is InChI=1S/C16H23NO2S/c1-13(2)15(16(18)17-8-10-19-11-9-17)20-12-14-6-4-3-5-7-14/h3-7,13,15H,8-12H2,1-2H3. The van der Waals surface area contributed by atoms with Crippen LogP contribution in [0.5, 0.6) is 0 Å². The second-order valence-electron chi connectivity index (χ2n) is 5.40. The number of thioether (sulfide) groups is 1. The Kier molecular flexibility index (Phi) is 5.92. The van der Waals surface area contributed by atoms with E-state index in [1.807, 2.05) is 23.1 Å². The van der Waals surface area contributed by atoms with Gasteiger partial charge in [0, 0.05) is 18.8 Å². The van der Waals surface area contributed by atoms with Crippen molar-refractivity contribution in [2.45, 2.75) is 24.9 Å². The highest BCUT2D eigenvalue weighted by Gasteiger charge is 2.28. The lowest BCUT2D eigenvalue weighted by atomic mass is 10.1. The number of amides is 1. The van der Waals surface area contributed by atoms with E-state index in [9.17, 15) is 4.79 Å². The summed E-state index contributed by atoms with van der Waals surface area (Å²) in [6.07, 6.45) is 0. The number of morpholine rings is 1. The number of benzene rings is 1. The maximum Gasteiger partial charge on any atom is 0.236 e. The molecule has 0 aromatic heterocycles. The first-order valence-corrected chi connectivity index (χ1v) is 8.25. The van der Waals surface area contributed by atoms with Gasteiger partial charge in [0.2, 0.25) is 5.91 Å². The van der Waals surface area contributed by atoms with Gasteiger partial charge in [0.05, 0.1) is 18.5 Å². The predicted octanol–water partition coefficient (Wildman–Crippen LogP) is 2.80. The number of carbonyl (C=O) groups excluding carboxylic acids is 1. The third-order valence-corrected chi connectivity index (χ3v) is 5.05. The second-order valence-corrected chi connectivity index (χ2v) is 6.53. The van der Waals surface area contributed by atoms with E-state index < -0.39 is 0 Å². The summed E-state index contributed by atoms with van der Waals surface area (Å²) in [5.41, 5.74) is 1.28. The number of ether oxygens (including phenoxy) is 1. The van der Waals surface area contributed by atoms with Crippen LogP contribution in [0.15, 0.2) is 30.3 Å². The van der Waals surface area contributed by atoms with E-state index in [4.69, 9.17) is 4.74 Å². The van der Waals surface area contributed by atoms with Gasteiger partial charge in [-0.05, 0) is 11.5 Å². The van der Waals surface area contributed by atoms with E-state index in [2.05, 4.69) is 26.0 Å². The van der Waals surface area contributed by atoms with Crippen LogP contribution in [0.25, 0.3) is 0 Å². The van der Waals surface area contributed by atoms with E-state index in [0.717, 1.165) is 18.8 Å². The van der Waals surface area contributed by atoms with Gasteiger partial charge in [-0.25, -0.2) is 0 Å². The van der Waals surface area contributed by atoms with Crippen molar-refractivity contribution < 1.29 is 9.53 Å². The van der Waals surface area contributed by atoms with Gasteiger partial charge in [-0.2, -0.15) is 0 Å². The Bertz CT molecular complexity index is 416. The fourth-order valence-corrected chi connectivity index (χ4v) is 3.51. The zero-order valence-corrected chi connectivity index (χ0v) is 13.1. The Morgan fingerprint density at radius 1 is 1.25 bits per heavy atom. The number of carbonyl (C=O) groups is 1. The Morgan fingerprint density at radius 2 is 1.90 bits per heavy atom. The highest BCUT2D eigenvalue weighted by Crippen LogP contribution is 2.26. The van der Waals surface area contributed by atoms with E-state index in [1.165, 1.54) is 5.56 Å². The van der Waals surface area contributed by atoms with Crippen LogP contribution in [0.4, 0.5) is 0 Å². The minimum absolute atomic E-state index is 0.0355. The maximum absolute atomic E-state index is 12.6. The molecule has 0 saturated carbocycles. The number of hydrogen-bond donors (Lipinski definition) is 0. The Morgan fingerprint density at radius 3 is 2.50 bits per heavy atom. The van der Waals surface area contributed by atoms with Crippen molar-refractivity contribution in [2.24, 2.45) is 5.92 Å². The average Bonchev–Trinajstić information content (AvgIpc) is 2.49. The van der Waals surface area contributed by atoms with E-state index in [-0.39, 0.29) is 11.2 Å². The molecular weight excluding hydrogens is 270 g/mol. The van der Waals surface area contributed by atoms with Crippen LogP contribution < -0.4 is 0 Å². The van der Waals surface area contributed by atoms with Crippen molar-refractivity contribution in [3.8, 4) is 0 Å². The molecule has 1 unspecified atom stereocenters. The first-order chi connectivity index (χ1) is 9.68. The van der Waals surface area contributed by atoms with Gasteiger partial charge in [-0.1, -0.05) is 44.2 Å². The zero-order valence-electron chi connectivity index (χ0n) is 12.2. The van der Waals surface area contributed by atoms with Crippen LogP contribution in [-0.2, 0) is 15.3 Å². The van der Waals surface area contributed by atoms with Crippen LogP contribution in [0.3, 0.4) is 0 Å². The minimum atomic E-state index is 0.0355. The number of nitrogens with zero attached hydrogens (tertiary/aromatic N) is 1. The highest BCUT2D eigenvalue weighted by molar-refractivity contribution is 7.99. The van der Waals surface area contributed by atoms with Crippen LogP contribution in [0.2, 0.25) is 0 Å². The monoisotopic (exact) mass is 293 g/mol. The predicted molar refractivity (Wildman–Crippen MR) is 83.8 cm³/mol. The number of rotatable bonds is 5. The third-order valence-electron chi connectivity index (χ3n) is 3.44. The summed E-state index contributed by atoms with van der Waals surface area (Å²) in [5.74, 6) is 1.50. The van der Waals surface area contributed by atoms with Crippen molar-refractivity contribution in [3.63, 3.8) is 0 Å². The molecule has 0 aliphatic carbocycles. The summed E-state index contributed by atoms with van der Waals surface area (Å²) in [5, 5.41) is 0.0355. The SMILES string of the molecule is CC(C)C(SCc1ccccc1)C(=O)N1CCOCC1. The normalized spacial score (nSPS) is 17.2. The molecule has 1 saturated heterocycles. The van der Waals surface area contributed by atoms with Crippen LogP contribution in [0.1, 0.15) is 19.4 Å². The summed E-state index contributed by atoms with van der Waals surface area (Å²) in [4.78, 5) is 14.6. The van der Waals surface area contributed by atoms with Gasteiger partial charge < -0.3 is 9.64 Å². The molecule has 0 bridgehead atoms. The summed E-state index contributed by atoms with van der Waals surface area (Å²) in [7, 11) is 0. The molecule has 0 spiro atoms. The van der Waals surface area contributed by atoms with Gasteiger partial charge in [0.1, 0.15) is 0 Å². The molecule has 1 aliphatic heterocycles. The first-order valence-electron chi connectivity index (χ1n) is 7.20. The van der Waals surface area contributed by atoms with Crippen LogP contribution in [0, 0.1) is 5.92 Å². The zero-order chi connectivity index (χ0) is 14.4. The molecule has 20 heavy (non-hydrogen) atoms. The van der Waals surface area contributed by atoms with Gasteiger partial charge in [-0.15, -0.1) is 11.8 Å².